The molecule has 0 aliphatic heterocycles. The second-order valence-corrected chi connectivity index (χ2v) is 5.21. The van der Waals surface area contributed by atoms with E-state index in [1.54, 1.807) is 7.11 Å². The maximum atomic E-state index is 9.43. The van der Waals surface area contributed by atoms with Gasteiger partial charge in [0.1, 0.15) is 0 Å². The van der Waals surface area contributed by atoms with Gasteiger partial charge in [-0.1, -0.05) is 34.6 Å². The molecule has 1 aliphatic rings. The van der Waals surface area contributed by atoms with Gasteiger partial charge >= 0.3 is 0 Å². The monoisotopic (exact) mass is 245 g/mol. The average Bonchev–Trinajstić information content (AvgIpc) is 2.34. The summed E-state index contributed by atoms with van der Waals surface area (Å²) in [7, 11) is 1.71. The molecule has 17 heavy (non-hydrogen) atoms. The number of nitrogens with two attached hydrogens (primary N) is 1. The summed E-state index contributed by atoms with van der Waals surface area (Å²) in [6.45, 7) is 10.9. The van der Waals surface area contributed by atoms with Crippen molar-refractivity contribution in [2.75, 3.05) is 13.7 Å². The fraction of sp³-hybridized carbons (Fsp3) is 1.00. The maximum absolute atomic E-state index is 9.43. The van der Waals surface area contributed by atoms with Crippen LogP contribution in [0.2, 0.25) is 0 Å². The van der Waals surface area contributed by atoms with Gasteiger partial charge in [0.25, 0.3) is 0 Å². The zero-order valence-electron chi connectivity index (χ0n) is 12.3. The molecule has 1 fully saturated rings. The van der Waals surface area contributed by atoms with Crippen LogP contribution in [0.15, 0.2) is 0 Å². The molecule has 104 valence electrons. The molecule has 1 aliphatic carbocycles. The summed E-state index contributed by atoms with van der Waals surface area (Å²) >= 11 is 0. The van der Waals surface area contributed by atoms with E-state index in [9.17, 15) is 5.11 Å². The normalized spacial score (nSPS) is 37.6. The third kappa shape index (κ3) is 3.94. The number of rotatable bonds is 3. The third-order valence-electron chi connectivity index (χ3n) is 4.03. The van der Waals surface area contributed by atoms with E-state index >= 15 is 0 Å². The van der Waals surface area contributed by atoms with E-state index in [4.69, 9.17) is 10.5 Å². The van der Waals surface area contributed by atoms with E-state index in [0.717, 1.165) is 6.42 Å². The molecule has 0 spiro atoms. The van der Waals surface area contributed by atoms with Gasteiger partial charge in [0, 0.05) is 19.8 Å². The van der Waals surface area contributed by atoms with Crippen molar-refractivity contribution in [1.82, 2.24) is 0 Å². The van der Waals surface area contributed by atoms with Crippen LogP contribution in [0.3, 0.4) is 0 Å². The van der Waals surface area contributed by atoms with Crippen molar-refractivity contribution in [3.05, 3.63) is 0 Å². The van der Waals surface area contributed by atoms with Crippen molar-refractivity contribution in [3.8, 4) is 0 Å². The number of methoxy groups -OCH3 is 1. The first-order valence-corrected chi connectivity index (χ1v) is 6.92. The molecule has 3 heteroatoms. The molecule has 0 aromatic rings. The largest absolute Gasteiger partial charge is 0.396 e. The molecule has 5 unspecified atom stereocenters. The Bertz CT molecular complexity index is 195. The predicted molar refractivity (Wildman–Crippen MR) is 72.8 cm³/mol. The van der Waals surface area contributed by atoms with Gasteiger partial charge in [0.05, 0.1) is 6.10 Å². The Hall–Kier alpha value is -0.120. The van der Waals surface area contributed by atoms with Crippen LogP contribution in [0.5, 0.6) is 0 Å². The highest BCUT2D eigenvalue weighted by atomic mass is 16.5. The highest BCUT2D eigenvalue weighted by Gasteiger charge is 2.41. The summed E-state index contributed by atoms with van der Waals surface area (Å²) in [5.41, 5.74) is 6.17. The van der Waals surface area contributed by atoms with Crippen LogP contribution < -0.4 is 5.73 Å². The van der Waals surface area contributed by atoms with Crippen molar-refractivity contribution in [1.29, 1.82) is 0 Å². The second-order valence-electron chi connectivity index (χ2n) is 5.21. The van der Waals surface area contributed by atoms with Gasteiger partial charge in [-0.3, -0.25) is 0 Å². The molecule has 0 aromatic heterocycles. The molecule has 0 bridgehead atoms. The van der Waals surface area contributed by atoms with Crippen molar-refractivity contribution in [2.45, 2.75) is 53.2 Å². The van der Waals surface area contributed by atoms with Gasteiger partial charge in [-0.25, -0.2) is 0 Å². The third-order valence-corrected chi connectivity index (χ3v) is 4.03. The quantitative estimate of drug-likeness (QED) is 0.802. The number of hydrogen-bond acceptors (Lipinski definition) is 3. The fourth-order valence-electron chi connectivity index (χ4n) is 3.24. The molecule has 0 heterocycles. The van der Waals surface area contributed by atoms with Crippen LogP contribution in [0, 0.1) is 23.7 Å². The van der Waals surface area contributed by atoms with E-state index in [-0.39, 0.29) is 18.8 Å². The molecule has 0 amide bonds. The molecular formula is C14H31NO2. The van der Waals surface area contributed by atoms with Crippen LogP contribution in [-0.2, 0) is 4.74 Å². The minimum Gasteiger partial charge on any atom is -0.396 e. The number of ether oxygens (including phenoxy) is 1. The molecule has 0 radical (unpaired) electrons. The van der Waals surface area contributed by atoms with Crippen LogP contribution in [0.25, 0.3) is 0 Å². The molecule has 5 atom stereocenters. The lowest BCUT2D eigenvalue weighted by Gasteiger charge is -2.45. The fourth-order valence-corrected chi connectivity index (χ4v) is 3.24. The minimum atomic E-state index is 0.102. The summed E-state index contributed by atoms with van der Waals surface area (Å²) in [5.74, 6) is 1.84. The second kappa shape index (κ2) is 8.06. The van der Waals surface area contributed by atoms with Crippen LogP contribution in [0.4, 0.5) is 0 Å². The van der Waals surface area contributed by atoms with Crippen molar-refractivity contribution >= 4 is 0 Å². The summed E-state index contributed by atoms with van der Waals surface area (Å²) in [4.78, 5) is 0. The minimum absolute atomic E-state index is 0.102. The Morgan fingerprint density at radius 2 is 1.88 bits per heavy atom. The molecule has 1 rings (SSSR count). The van der Waals surface area contributed by atoms with Crippen LogP contribution in [-0.4, -0.2) is 31.0 Å². The zero-order chi connectivity index (χ0) is 13.6. The Morgan fingerprint density at radius 3 is 2.24 bits per heavy atom. The lowest BCUT2D eigenvalue weighted by atomic mass is 9.65. The van der Waals surface area contributed by atoms with Gasteiger partial charge in [0.15, 0.2) is 0 Å². The van der Waals surface area contributed by atoms with Crippen LogP contribution >= 0.6 is 0 Å². The SMILES string of the molecule is CC.COC1CC(CO)C(C(C)C)C(C)C1N. The van der Waals surface area contributed by atoms with Crippen molar-refractivity contribution in [2.24, 2.45) is 29.4 Å². The first kappa shape index (κ1) is 16.9. The van der Waals surface area contributed by atoms with Gasteiger partial charge in [-0.2, -0.15) is 0 Å². The molecular weight excluding hydrogens is 214 g/mol. The maximum Gasteiger partial charge on any atom is 0.0728 e. The molecule has 0 saturated heterocycles. The van der Waals surface area contributed by atoms with E-state index in [2.05, 4.69) is 20.8 Å². The number of hydrogen-bond donors (Lipinski definition) is 2. The predicted octanol–water partition coefficient (Wildman–Crippen LogP) is 2.28. The number of aliphatic hydroxyl groups is 1. The van der Waals surface area contributed by atoms with Crippen LogP contribution in [0.1, 0.15) is 41.0 Å². The Morgan fingerprint density at radius 1 is 1.35 bits per heavy atom. The summed E-state index contributed by atoms with van der Waals surface area (Å²) < 4.78 is 5.40. The van der Waals surface area contributed by atoms with E-state index in [1.807, 2.05) is 13.8 Å². The number of aliphatic hydroxyl groups excluding tert-OH is 1. The lowest BCUT2D eigenvalue weighted by molar-refractivity contribution is -0.0440. The van der Waals surface area contributed by atoms with Gasteiger partial charge in [-0.05, 0) is 30.1 Å². The lowest BCUT2D eigenvalue weighted by Crippen LogP contribution is -2.53. The van der Waals surface area contributed by atoms with Gasteiger partial charge < -0.3 is 15.6 Å². The molecule has 0 aromatic carbocycles. The first-order chi connectivity index (χ1) is 8.02. The summed E-state index contributed by atoms with van der Waals surface area (Å²) in [6.07, 6.45) is 0.994. The van der Waals surface area contributed by atoms with Gasteiger partial charge in [0.2, 0.25) is 0 Å². The Kier molecular flexibility index (Phi) is 8.01. The first-order valence-electron chi connectivity index (χ1n) is 6.92. The van der Waals surface area contributed by atoms with Gasteiger partial charge in [-0.15, -0.1) is 0 Å². The average molecular weight is 245 g/mol. The smallest absolute Gasteiger partial charge is 0.0728 e. The molecule has 3 N–H and O–H groups in total. The summed E-state index contributed by atoms with van der Waals surface area (Å²) in [6, 6.07) is 0.102. The zero-order valence-corrected chi connectivity index (χ0v) is 12.3. The van der Waals surface area contributed by atoms with E-state index in [0.29, 0.717) is 23.7 Å². The Balaban J connectivity index is 0.00000121. The standard InChI is InChI=1S/C12H25NO2.C2H6/c1-7(2)11-8(3)12(13)10(15-4)5-9(11)6-14;1-2/h7-12,14H,5-6,13H2,1-4H3;1-2H3. The highest BCUT2D eigenvalue weighted by molar-refractivity contribution is 4.94. The van der Waals surface area contributed by atoms with E-state index < -0.39 is 0 Å². The molecule has 1 saturated carbocycles. The Labute approximate surface area is 107 Å². The topological polar surface area (TPSA) is 55.5 Å². The van der Waals surface area contributed by atoms with Crippen molar-refractivity contribution < 1.29 is 9.84 Å². The molecule has 3 nitrogen and oxygen atoms in total. The highest BCUT2D eigenvalue weighted by Crippen LogP contribution is 2.39. The summed E-state index contributed by atoms with van der Waals surface area (Å²) in [5, 5.41) is 9.43. The van der Waals surface area contributed by atoms with Crippen molar-refractivity contribution in [3.63, 3.8) is 0 Å². The van der Waals surface area contributed by atoms with E-state index in [1.165, 1.54) is 0 Å².